The second-order valence-electron chi connectivity index (χ2n) is 5.99. The number of benzene rings is 3. The lowest BCUT2D eigenvalue weighted by Crippen LogP contribution is -2.16. The van der Waals surface area contributed by atoms with Crippen LogP contribution < -0.4 is 25.4 Å². The maximum atomic E-state index is 11.9. The summed E-state index contributed by atoms with van der Waals surface area (Å²) in [5, 5.41) is 9.37. The summed E-state index contributed by atoms with van der Waals surface area (Å²) in [6.45, 7) is 1.53. The first-order valence-electron chi connectivity index (χ1n) is 8.99. The van der Waals surface area contributed by atoms with Crippen molar-refractivity contribution < 1.29 is 14.3 Å². The summed E-state index contributed by atoms with van der Waals surface area (Å²) in [6.07, 6.45) is -0.518. The Hall–Kier alpha value is -3.67. The van der Waals surface area contributed by atoms with Crippen molar-refractivity contribution in [3.8, 4) is 11.5 Å². The fourth-order valence-corrected chi connectivity index (χ4v) is 2.53. The van der Waals surface area contributed by atoms with Gasteiger partial charge >= 0.3 is 6.09 Å². The van der Waals surface area contributed by atoms with Crippen LogP contribution in [0.15, 0.2) is 78.9 Å². The van der Waals surface area contributed by atoms with Gasteiger partial charge in [-0.2, -0.15) is 0 Å². The number of hydrogen-bond donors (Lipinski definition) is 3. The van der Waals surface area contributed by atoms with Crippen LogP contribution in [0, 0.1) is 0 Å². The van der Waals surface area contributed by atoms with Gasteiger partial charge in [-0.05, 0) is 60.7 Å². The Morgan fingerprint density at radius 1 is 0.714 bits per heavy atom. The van der Waals surface area contributed by atoms with Gasteiger partial charge < -0.3 is 20.1 Å². The molecular weight excluding hydrogens is 354 g/mol. The number of para-hydroxylation sites is 1. The number of hydrogen-bond acceptors (Lipinski definition) is 5. The quantitative estimate of drug-likeness (QED) is 0.491. The van der Waals surface area contributed by atoms with Crippen molar-refractivity contribution in [2.45, 2.75) is 0 Å². The van der Waals surface area contributed by atoms with Crippen LogP contribution in [0.4, 0.5) is 21.9 Å². The van der Waals surface area contributed by atoms with E-state index in [1.165, 1.54) is 0 Å². The lowest BCUT2D eigenvalue weighted by atomic mass is 10.2. The van der Waals surface area contributed by atoms with Crippen molar-refractivity contribution in [1.82, 2.24) is 0 Å². The number of methoxy groups -OCH3 is 1. The van der Waals surface area contributed by atoms with Gasteiger partial charge in [-0.3, -0.25) is 5.32 Å². The van der Waals surface area contributed by atoms with Crippen molar-refractivity contribution in [1.29, 1.82) is 0 Å². The third-order valence-corrected chi connectivity index (χ3v) is 3.96. The number of carbonyl (C=O) groups is 1. The first-order chi connectivity index (χ1) is 13.7. The molecule has 144 valence electrons. The highest BCUT2D eigenvalue weighted by molar-refractivity contribution is 5.86. The first kappa shape index (κ1) is 19.1. The average Bonchev–Trinajstić information content (AvgIpc) is 2.73. The maximum Gasteiger partial charge on any atom is 0.417 e. The molecule has 6 nitrogen and oxygen atoms in total. The Balaban J connectivity index is 1.39. The molecule has 3 aromatic rings. The van der Waals surface area contributed by atoms with Gasteiger partial charge in [-0.15, -0.1) is 0 Å². The first-order valence-corrected chi connectivity index (χ1v) is 8.99. The number of nitrogens with one attached hydrogen (secondary N) is 3. The van der Waals surface area contributed by atoms with E-state index in [1.54, 1.807) is 19.2 Å². The van der Waals surface area contributed by atoms with Crippen LogP contribution >= 0.6 is 0 Å². The molecule has 0 heterocycles. The second kappa shape index (κ2) is 9.87. The van der Waals surface area contributed by atoms with Crippen molar-refractivity contribution >= 4 is 23.2 Å². The van der Waals surface area contributed by atoms with E-state index in [0.29, 0.717) is 11.4 Å². The van der Waals surface area contributed by atoms with E-state index in [2.05, 4.69) is 16.0 Å². The molecule has 0 saturated carbocycles. The van der Waals surface area contributed by atoms with Crippen LogP contribution in [0.5, 0.6) is 11.5 Å². The van der Waals surface area contributed by atoms with Crippen LogP contribution in [0.25, 0.3) is 0 Å². The van der Waals surface area contributed by atoms with Crippen LogP contribution in [0.2, 0.25) is 0 Å². The molecular formula is C22H23N3O3. The molecule has 0 unspecified atom stereocenters. The van der Waals surface area contributed by atoms with Gasteiger partial charge in [0.2, 0.25) is 0 Å². The van der Waals surface area contributed by atoms with Crippen molar-refractivity contribution in [2.75, 3.05) is 36.1 Å². The van der Waals surface area contributed by atoms with Gasteiger partial charge in [-0.25, -0.2) is 4.79 Å². The molecule has 3 N–H and O–H groups in total. The minimum atomic E-state index is -0.518. The highest BCUT2D eigenvalue weighted by Gasteiger charge is 2.04. The summed E-state index contributed by atoms with van der Waals surface area (Å²) in [7, 11) is 1.65. The zero-order chi connectivity index (χ0) is 19.6. The molecule has 0 aliphatic rings. The maximum absolute atomic E-state index is 11.9. The minimum absolute atomic E-state index is 0.502. The molecule has 0 aromatic heterocycles. The van der Waals surface area contributed by atoms with Gasteiger partial charge in [-0.1, -0.05) is 18.2 Å². The summed E-state index contributed by atoms with van der Waals surface area (Å²) < 4.78 is 10.3. The fraction of sp³-hybridized carbons (Fsp3) is 0.136. The predicted octanol–water partition coefficient (Wildman–Crippen LogP) is 4.83. The molecule has 0 saturated heterocycles. The fourth-order valence-electron chi connectivity index (χ4n) is 2.53. The number of amides is 1. The lowest BCUT2D eigenvalue weighted by molar-refractivity contribution is 0.215. The largest absolute Gasteiger partial charge is 0.497 e. The van der Waals surface area contributed by atoms with Gasteiger partial charge in [0, 0.05) is 30.2 Å². The molecule has 0 bridgehead atoms. The second-order valence-corrected chi connectivity index (χ2v) is 5.99. The summed E-state index contributed by atoms with van der Waals surface area (Å²) in [4.78, 5) is 11.9. The van der Waals surface area contributed by atoms with Crippen molar-refractivity contribution in [3.05, 3.63) is 78.9 Å². The molecule has 3 rings (SSSR count). The minimum Gasteiger partial charge on any atom is -0.497 e. The number of anilines is 3. The molecule has 0 radical (unpaired) electrons. The van der Waals surface area contributed by atoms with Crippen LogP contribution in [-0.2, 0) is 0 Å². The van der Waals surface area contributed by atoms with Crippen LogP contribution in [0.3, 0.4) is 0 Å². The normalized spacial score (nSPS) is 10.0. The zero-order valence-corrected chi connectivity index (χ0v) is 15.6. The molecule has 0 atom stereocenters. The zero-order valence-electron chi connectivity index (χ0n) is 15.6. The summed E-state index contributed by atoms with van der Waals surface area (Å²) in [5.74, 6) is 1.34. The highest BCUT2D eigenvalue weighted by Crippen LogP contribution is 2.16. The average molecular weight is 377 g/mol. The molecule has 6 heteroatoms. The van der Waals surface area contributed by atoms with Crippen molar-refractivity contribution in [3.63, 3.8) is 0 Å². The molecule has 0 aliphatic heterocycles. The standard InChI is InChI=1S/C22H23N3O3/c1-27-20-13-11-18(12-14-20)24-16-15-23-17-7-9-19(10-8-17)25-22(26)28-21-5-3-2-4-6-21/h2-14,23-24H,15-16H2,1H3,(H,25,26). The molecule has 28 heavy (non-hydrogen) atoms. The lowest BCUT2D eigenvalue weighted by Gasteiger charge is -2.10. The Morgan fingerprint density at radius 2 is 1.25 bits per heavy atom. The molecule has 1 amide bonds. The van der Waals surface area contributed by atoms with Gasteiger partial charge in [0.25, 0.3) is 0 Å². The number of carbonyl (C=O) groups excluding carboxylic acids is 1. The van der Waals surface area contributed by atoms with E-state index < -0.39 is 6.09 Å². The van der Waals surface area contributed by atoms with E-state index in [-0.39, 0.29) is 0 Å². The third kappa shape index (κ3) is 5.95. The van der Waals surface area contributed by atoms with E-state index in [9.17, 15) is 4.79 Å². The van der Waals surface area contributed by atoms with Gasteiger partial charge in [0.05, 0.1) is 7.11 Å². The molecule has 0 fully saturated rings. The summed E-state index contributed by atoms with van der Waals surface area (Å²) in [6, 6.07) is 24.2. The molecule has 0 aliphatic carbocycles. The summed E-state index contributed by atoms with van der Waals surface area (Å²) >= 11 is 0. The highest BCUT2D eigenvalue weighted by atomic mass is 16.6. The van der Waals surface area contributed by atoms with E-state index in [4.69, 9.17) is 9.47 Å². The number of ether oxygens (including phenoxy) is 2. The smallest absolute Gasteiger partial charge is 0.417 e. The summed E-state index contributed by atoms with van der Waals surface area (Å²) in [5.41, 5.74) is 2.68. The van der Waals surface area contributed by atoms with Crippen LogP contribution in [-0.4, -0.2) is 26.3 Å². The predicted molar refractivity (Wildman–Crippen MR) is 113 cm³/mol. The Bertz CT molecular complexity index is 866. The molecule has 0 spiro atoms. The van der Waals surface area contributed by atoms with Crippen LogP contribution in [0.1, 0.15) is 0 Å². The topological polar surface area (TPSA) is 71.6 Å². The third-order valence-electron chi connectivity index (χ3n) is 3.96. The molecule has 3 aromatic carbocycles. The van der Waals surface area contributed by atoms with Gasteiger partial charge in [0.1, 0.15) is 11.5 Å². The Morgan fingerprint density at radius 3 is 1.82 bits per heavy atom. The Kier molecular flexibility index (Phi) is 6.73. The van der Waals surface area contributed by atoms with E-state index >= 15 is 0 Å². The number of rotatable bonds is 8. The van der Waals surface area contributed by atoms with Gasteiger partial charge in [0.15, 0.2) is 0 Å². The van der Waals surface area contributed by atoms with E-state index in [0.717, 1.165) is 30.2 Å². The SMILES string of the molecule is COc1ccc(NCCNc2ccc(NC(=O)Oc3ccccc3)cc2)cc1. The van der Waals surface area contributed by atoms with E-state index in [1.807, 2.05) is 66.7 Å². The Labute approximate surface area is 164 Å². The monoisotopic (exact) mass is 377 g/mol. The van der Waals surface area contributed by atoms with Crippen molar-refractivity contribution in [2.24, 2.45) is 0 Å².